The molecule has 22 heavy (non-hydrogen) atoms. The zero-order chi connectivity index (χ0) is 16.0. The maximum absolute atomic E-state index is 12.9. The van der Waals surface area contributed by atoms with Crippen LogP contribution in [0.2, 0.25) is 0 Å². The van der Waals surface area contributed by atoms with Crippen molar-refractivity contribution in [1.29, 1.82) is 0 Å². The maximum atomic E-state index is 12.9. The Kier molecular flexibility index (Phi) is 3.77. The summed E-state index contributed by atoms with van der Waals surface area (Å²) in [5.74, 6) is 0.0307. The molecule has 3 unspecified atom stereocenters. The number of fused-ring (bicyclic) bond motifs is 1. The lowest BCUT2D eigenvalue weighted by Gasteiger charge is -2.65. The lowest BCUT2D eigenvalue weighted by molar-refractivity contribution is -0.222. The van der Waals surface area contributed by atoms with Crippen LogP contribution in [0.1, 0.15) is 39.2 Å². The van der Waals surface area contributed by atoms with Gasteiger partial charge in [0.15, 0.2) is 0 Å². The van der Waals surface area contributed by atoms with E-state index in [0.717, 1.165) is 31.6 Å². The highest BCUT2D eigenvalue weighted by Crippen LogP contribution is 2.57. The predicted octanol–water partition coefficient (Wildman–Crippen LogP) is 2.72. The number of carbonyl (C=O) groups is 1. The van der Waals surface area contributed by atoms with Crippen LogP contribution in [0.15, 0.2) is 24.3 Å². The topological polar surface area (TPSA) is 64.4 Å². The zero-order valence-corrected chi connectivity index (χ0v) is 13.7. The number of hydrogen-bond donors (Lipinski definition) is 2. The van der Waals surface area contributed by atoms with Gasteiger partial charge in [0.05, 0.1) is 6.10 Å². The molecule has 1 saturated heterocycles. The Labute approximate surface area is 132 Å². The van der Waals surface area contributed by atoms with Crippen molar-refractivity contribution in [3.05, 3.63) is 29.8 Å². The van der Waals surface area contributed by atoms with Crippen LogP contribution >= 0.6 is 0 Å². The third-order valence-corrected chi connectivity index (χ3v) is 5.65. The van der Waals surface area contributed by atoms with E-state index in [0.29, 0.717) is 0 Å². The number of ether oxygens (including phenoxy) is 1. The molecule has 3 atom stereocenters. The van der Waals surface area contributed by atoms with E-state index in [-0.39, 0.29) is 23.3 Å². The van der Waals surface area contributed by atoms with Gasteiger partial charge in [-0.25, -0.2) is 0 Å². The van der Waals surface area contributed by atoms with Crippen LogP contribution in [0.4, 0.5) is 5.69 Å². The number of amides is 1. The number of hydrogen-bond acceptors (Lipinski definition) is 3. The Morgan fingerprint density at radius 1 is 1.45 bits per heavy atom. The third-order valence-electron chi connectivity index (χ3n) is 5.65. The van der Waals surface area contributed by atoms with Gasteiger partial charge >= 0.3 is 0 Å². The number of nitrogens with two attached hydrogens (primary N) is 1. The molecule has 2 fully saturated rings. The molecule has 120 valence electrons. The fourth-order valence-electron chi connectivity index (χ4n) is 4.14. The minimum Gasteiger partial charge on any atom is -0.377 e. The Bertz CT molecular complexity index is 584. The summed E-state index contributed by atoms with van der Waals surface area (Å²) in [5.41, 5.74) is 7.43. The van der Waals surface area contributed by atoms with E-state index in [1.54, 1.807) is 0 Å². The normalized spacial score (nSPS) is 32.7. The summed E-state index contributed by atoms with van der Waals surface area (Å²) >= 11 is 0. The number of carbonyl (C=O) groups excluding carboxylic acids is 1. The van der Waals surface area contributed by atoms with Crippen molar-refractivity contribution in [2.45, 2.75) is 51.7 Å². The number of nitrogens with one attached hydrogen (secondary N) is 1. The quantitative estimate of drug-likeness (QED) is 0.902. The van der Waals surface area contributed by atoms with Crippen molar-refractivity contribution in [2.24, 2.45) is 17.1 Å². The molecular formula is C18H26N2O2. The van der Waals surface area contributed by atoms with Gasteiger partial charge in [-0.15, -0.1) is 0 Å². The van der Waals surface area contributed by atoms with E-state index in [2.05, 4.69) is 18.3 Å². The van der Waals surface area contributed by atoms with Crippen LogP contribution in [-0.4, -0.2) is 24.2 Å². The summed E-state index contributed by atoms with van der Waals surface area (Å²) in [4.78, 5) is 12.9. The lowest BCUT2D eigenvalue weighted by Crippen LogP contribution is -2.81. The van der Waals surface area contributed by atoms with Gasteiger partial charge in [0.1, 0.15) is 5.54 Å². The standard InChI is InChI=1S/C18H26N2O2/c1-4-12-7-5-8-13(11-12)20-16(21)18(19)14-9-6-10-22-15(14)17(18,2)3/h5,7-8,11,14-15H,4,6,9-10,19H2,1-3H3,(H,20,21). The summed E-state index contributed by atoms with van der Waals surface area (Å²) in [5, 5.41) is 3.03. The molecule has 1 aromatic carbocycles. The summed E-state index contributed by atoms with van der Waals surface area (Å²) < 4.78 is 5.86. The third kappa shape index (κ3) is 2.09. The maximum Gasteiger partial charge on any atom is 0.245 e. The van der Waals surface area contributed by atoms with Gasteiger partial charge < -0.3 is 15.8 Å². The Morgan fingerprint density at radius 2 is 2.23 bits per heavy atom. The minimum atomic E-state index is -0.861. The number of rotatable bonds is 3. The van der Waals surface area contributed by atoms with Crippen LogP contribution in [-0.2, 0) is 16.0 Å². The molecular weight excluding hydrogens is 276 g/mol. The molecule has 0 aromatic heterocycles. The van der Waals surface area contributed by atoms with Crippen LogP contribution in [0, 0.1) is 11.3 Å². The lowest BCUT2D eigenvalue weighted by atomic mass is 9.46. The largest absolute Gasteiger partial charge is 0.377 e. The van der Waals surface area contributed by atoms with Crippen molar-refractivity contribution >= 4 is 11.6 Å². The smallest absolute Gasteiger partial charge is 0.245 e. The first kappa shape index (κ1) is 15.5. The first-order valence-corrected chi connectivity index (χ1v) is 8.22. The second kappa shape index (κ2) is 5.36. The van der Waals surface area contributed by atoms with Crippen molar-refractivity contribution in [1.82, 2.24) is 0 Å². The molecule has 1 heterocycles. The Balaban J connectivity index is 1.81. The summed E-state index contributed by atoms with van der Waals surface area (Å²) in [7, 11) is 0. The fourth-order valence-corrected chi connectivity index (χ4v) is 4.14. The van der Waals surface area contributed by atoms with Crippen LogP contribution in [0.5, 0.6) is 0 Å². The average Bonchev–Trinajstić information content (AvgIpc) is 2.54. The average molecular weight is 302 g/mol. The second-order valence-corrected chi connectivity index (χ2v) is 7.14. The predicted molar refractivity (Wildman–Crippen MR) is 87.6 cm³/mol. The van der Waals surface area contributed by atoms with Crippen molar-refractivity contribution in [2.75, 3.05) is 11.9 Å². The molecule has 1 aliphatic heterocycles. The van der Waals surface area contributed by atoms with Gasteiger partial charge in [-0.3, -0.25) is 4.79 Å². The molecule has 0 radical (unpaired) electrons. The van der Waals surface area contributed by atoms with E-state index in [4.69, 9.17) is 10.5 Å². The van der Waals surface area contributed by atoms with E-state index in [1.807, 2.05) is 32.0 Å². The SMILES string of the molecule is CCc1cccc(NC(=O)C2(N)C3CCCOC3C2(C)C)c1. The van der Waals surface area contributed by atoms with Crippen LogP contribution in [0.25, 0.3) is 0 Å². The van der Waals surface area contributed by atoms with Crippen LogP contribution in [0.3, 0.4) is 0 Å². The number of anilines is 1. The minimum absolute atomic E-state index is 0.0856. The first-order valence-electron chi connectivity index (χ1n) is 8.22. The van der Waals surface area contributed by atoms with Gasteiger partial charge in [0.2, 0.25) is 5.91 Å². The van der Waals surface area contributed by atoms with Crippen molar-refractivity contribution in [3.8, 4) is 0 Å². The summed E-state index contributed by atoms with van der Waals surface area (Å²) in [6, 6.07) is 7.96. The molecule has 3 rings (SSSR count). The molecule has 2 aliphatic rings. The molecule has 0 spiro atoms. The van der Waals surface area contributed by atoms with Gasteiger partial charge in [-0.05, 0) is 37.0 Å². The molecule has 4 nitrogen and oxygen atoms in total. The Hall–Kier alpha value is -1.39. The number of aryl methyl sites for hydroxylation is 1. The number of benzene rings is 1. The van der Waals surface area contributed by atoms with Crippen molar-refractivity contribution < 1.29 is 9.53 Å². The molecule has 4 heteroatoms. The van der Waals surface area contributed by atoms with E-state index < -0.39 is 5.54 Å². The second-order valence-electron chi connectivity index (χ2n) is 7.14. The highest BCUT2D eigenvalue weighted by molar-refractivity contribution is 6.00. The molecule has 1 saturated carbocycles. The van der Waals surface area contributed by atoms with Gasteiger partial charge in [0.25, 0.3) is 0 Å². The van der Waals surface area contributed by atoms with Gasteiger partial charge in [-0.2, -0.15) is 0 Å². The molecule has 1 aromatic rings. The summed E-state index contributed by atoms with van der Waals surface area (Å²) in [6.45, 7) is 6.97. The summed E-state index contributed by atoms with van der Waals surface area (Å²) in [6.07, 6.45) is 2.99. The molecule has 1 amide bonds. The van der Waals surface area contributed by atoms with E-state index in [9.17, 15) is 4.79 Å². The van der Waals surface area contributed by atoms with Crippen molar-refractivity contribution in [3.63, 3.8) is 0 Å². The molecule has 3 N–H and O–H groups in total. The highest BCUT2D eigenvalue weighted by Gasteiger charge is 2.70. The van der Waals surface area contributed by atoms with Gasteiger partial charge in [-0.1, -0.05) is 32.9 Å². The molecule has 0 bridgehead atoms. The van der Waals surface area contributed by atoms with Gasteiger partial charge in [0, 0.05) is 23.6 Å². The highest BCUT2D eigenvalue weighted by atomic mass is 16.5. The molecule has 1 aliphatic carbocycles. The van der Waals surface area contributed by atoms with E-state index in [1.165, 1.54) is 5.56 Å². The van der Waals surface area contributed by atoms with E-state index >= 15 is 0 Å². The fraction of sp³-hybridized carbons (Fsp3) is 0.611. The Morgan fingerprint density at radius 3 is 2.95 bits per heavy atom. The monoisotopic (exact) mass is 302 g/mol. The first-order chi connectivity index (χ1) is 10.4. The van der Waals surface area contributed by atoms with Crippen LogP contribution < -0.4 is 11.1 Å². The zero-order valence-electron chi connectivity index (χ0n) is 13.7.